The Labute approximate surface area is 48.4 Å². The molecule has 0 rings (SSSR count). The van der Waals surface area contributed by atoms with Gasteiger partial charge in [0.25, 0.3) is 5.97 Å². The molecule has 2 N–H and O–H groups in total. The van der Waals surface area contributed by atoms with Crippen LogP contribution in [0.4, 0.5) is 0 Å². The molecule has 0 aromatic carbocycles. The summed E-state index contributed by atoms with van der Waals surface area (Å²) in [5.41, 5.74) is 2.43. The molecule has 0 aromatic rings. The maximum atomic E-state index is 9.00. The maximum Gasteiger partial charge on any atom is 0.300 e. The average Bonchev–Trinajstić information content (AvgIpc) is 1.65. The summed E-state index contributed by atoms with van der Waals surface area (Å²) in [4.78, 5) is 13.3. The molecular weight excluding hydrogens is 110 g/mol. The normalized spacial score (nSPS) is 6.88. The van der Waals surface area contributed by atoms with E-state index in [-0.39, 0.29) is 0 Å². The number of aliphatic carboxylic acids is 1. The molecule has 50 valence electrons. The van der Waals surface area contributed by atoms with E-state index in [0.717, 1.165) is 6.92 Å². The quantitative estimate of drug-likeness (QED) is 0.474. The Hall–Kier alpha value is -0.610. The molecule has 0 aliphatic rings. The van der Waals surface area contributed by atoms with Gasteiger partial charge in [0, 0.05) is 14.0 Å². The predicted octanol–water partition coefficient (Wildman–Crippen LogP) is -0.142. The zero-order valence-corrected chi connectivity index (χ0v) is 5.26. The zero-order valence-electron chi connectivity index (χ0n) is 5.26. The van der Waals surface area contributed by atoms with Crippen molar-refractivity contribution in [3.05, 3.63) is 0 Å². The zero-order chi connectivity index (χ0) is 6.99. The Balaban J connectivity index is 0. The van der Waals surface area contributed by atoms with E-state index in [4.69, 9.17) is 9.90 Å². The minimum absolute atomic E-state index is 0.833. The molecule has 0 amide bonds. The number of hydrogen-bond acceptors (Lipinski definition) is 3. The van der Waals surface area contributed by atoms with E-state index < -0.39 is 5.97 Å². The molecule has 4 nitrogen and oxygen atoms in total. The van der Waals surface area contributed by atoms with E-state index >= 15 is 0 Å². The smallest absolute Gasteiger partial charge is 0.300 e. The van der Waals surface area contributed by atoms with Crippen LogP contribution < -0.4 is 5.48 Å². The number of carboxylic acid groups (broad SMARTS) is 1. The summed E-state index contributed by atoms with van der Waals surface area (Å²) in [6.45, 7) is 1.08. The summed E-state index contributed by atoms with van der Waals surface area (Å²) in [5.74, 6) is -0.833. The van der Waals surface area contributed by atoms with Crippen molar-refractivity contribution >= 4 is 5.97 Å². The molecule has 0 bridgehead atoms. The minimum Gasteiger partial charge on any atom is -0.481 e. The van der Waals surface area contributed by atoms with Crippen molar-refractivity contribution in [2.75, 3.05) is 14.2 Å². The van der Waals surface area contributed by atoms with Crippen LogP contribution in [0.2, 0.25) is 0 Å². The first-order valence-corrected chi connectivity index (χ1v) is 2.04. The SMILES string of the molecule is CC(=O)O.CNOC. The lowest BCUT2D eigenvalue weighted by Gasteiger charge is -1.80. The third-order valence-electron chi connectivity index (χ3n) is 0.204. The lowest BCUT2D eigenvalue weighted by Crippen LogP contribution is -2.00. The van der Waals surface area contributed by atoms with E-state index in [1.54, 1.807) is 14.2 Å². The van der Waals surface area contributed by atoms with Gasteiger partial charge in [-0.25, -0.2) is 5.48 Å². The third-order valence-corrected chi connectivity index (χ3v) is 0.204. The molecule has 0 saturated heterocycles. The van der Waals surface area contributed by atoms with Gasteiger partial charge in [0.1, 0.15) is 0 Å². The maximum absolute atomic E-state index is 9.00. The fourth-order valence-electron chi connectivity index (χ4n) is 0. The summed E-state index contributed by atoms with van der Waals surface area (Å²) in [6.07, 6.45) is 0. The fourth-order valence-corrected chi connectivity index (χ4v) is 0. The van der Waals surface area contributed by atoms with E-state index in [9.17, 15) is 0 Å². The van der Waals surface area contributed by atoms with Gasteiger partial charge in [-0.2, -0.15) is 0 Å². The highest BCUT2D eigenvalue weighted by atomic mass is 16.6. The molecule has 0 unspecified atom stereocenters. The van der Waals surface area contributed by atoms with Gasteiger partial charge in [0.15, 0.2) is 0 Å². The van der Waals surface area contributed by atoms with Crippen LogP contribution in [0.3, 0.4) is 0 Å². The van der Waals surface area contributed by atoms with Crippen molar-refractivity contribution < 1.29 is 14.7 Å². The first-order chi connectivity index (χ1) is 3.65. The van der Waals surface area contributed by atoms with Crippen molar-refractivity contribution in [1.29, 1.82) is 0 Å². The number of hydroxylamine groups is 1. The molecule has 0 aliphatic carbocycles. The number of rotatable bonds is 1. The second kappa shape index (κ2) is 9.63. The molecule has 0 aromatic heterocycles. The van der Waals surface area contributed by atoms with Crippen LogP contribution in [0.5, 0.6) is 0 Å². The van der Waals surface area contributed by atoms with Gasteiger partial charge < -0.3 is 9.94 Å². The molecular formula is C4H11NO3. The Morgan fingerprint density at radius 3 is 1.88 bits per heavy atom. The summed E-state index contributed by atoms with van der Waals surface area (Å²) in [5, 5.41) is 7.42. The molecule has 0 fully saturated rings. The highest BCUT2D eigenvalue weighted by Gasteiger charge is 1.65. The predicted molar refractivity (Wildman–Crippen MR) is 29.4 cm³/mol. The number of hydrogen-bond donors (Lipinski definition) is 2. The number of carbonyl (C=O) groups is 1. The van der Waals surface area contributed by atoms with Crippen LogP contribution in [-0.2, 0) is 9.63 Å². The van der Waals surface area contributed by atoms with Crippen LogP contribution >= 0.6 is 0 Å². The molecule has 0 aliphatic heterocycles. The molecule has 8 heavy (non-hydrogen) atoms. The van der Waals surface area contributed by atoms with E-state index in [2.05, 4.69) is 10.3 Å². The van der Waals surface area contributed by atoms with Gasteiger partial charge >= 0.3 is 0 Å². The second-order valence-electron chi connectivity index (χ2n) is 0.927. The first kappa shape index (κ1) is 10.4. The average molecular weight is 121 g/mol. The monoisotopic (exact) mass is 121 g/mol. The van der Waals surface area contributed by atoms with Crippen molar-refractivity contribution in [3.8, 4) is 0 Å². The second-order valence-corrected chi connectivity index (χ2v) is 0.927. The van der Waals surface area contributed by atoms with Crippen molar-refractivity contribution in [1.82, 2.24) is 5.48 Å². The van der Waals surface area contributed by atoms with Gasteiger partial charge in [-0.1, -0.05) is 0 Å². The van der Waals surface area contributed by atoms with Crippen LogP contribution in [0, 0.1) is 0 Å². The molecule has 0 radical (unpaired) electrons. The minimum atomic E-state index is -0.833. The Bertz CT molecular complexity index is 49.2. The van der Waals surface area contributed by atoms with Gasteiger partial charge in [-0.15, -0.1) is 0 Å². The molecule has 0 spiro atoms. The van der Waals surface area contributed by atoms with E-state index in [1.165, 1.54) is 0 Å². The lowest BCUT2D eigenvalue weighted by atomic mass is 10.9. The third kappa shape index (κ3) is 683. The van der Waals surface area contributed by atoms with E-state index in [0.29, 0.717) is 0 Å². The largest absolute Gasteiger partial charge is 0.481 e. The van der Waals surface area contributed by atoms with Crippen LogP contribution in [0.25, 0.3) is 0 Å². The number of carboxylic acids is 1. The van der Waals surface area contributed by atoms with Crippen LogP contribution in [0.15, 0.2) is 0 Å². The Morgan fingerprint density at radius 1 is 1.75 bits per heavy atom. The van der Waals surface area contributed by atoms with Crippen molar-refractivity contribution in [3.63, 3.8) is 0 Å². The summed E-state index contributed by atoms with van der Waals surface area (Å²) in [7, 11) is 3.28. The Morgan fingerprint density at radius 2 is 1.88 bits per heavy atom. The molecule has 4 heteroatoms. The molecule has 0 heterocycles. The summed E-state index contributed by atoms with van der Waals surface area (Å²) >= 11 is 0. The van der Waals surface area contributed by atoms with Crippen molar-refractivity contribution in [2.24, 2.45) is 0 Å². The topological polar surface area (TPSA) is 58.6 Å². The summed E-state index contributed by atoms with van der Waals surface area (Å²) in [6, 6.07) is 0. The van der Waals surface area contributed by atoms with Gasteiger partial charge in [-0.3, -0.25) is 4.79 Å². The van der Waals surface area contributed by atoms with Crippen LogP contribution in [-0.4, -0.2) is 25.2 Å². The first-order valence-electron chi connectivity index (χ1n) is 2.04. The fraction of sp³-hybridized carbons (Fsp3) is 0.750. The summed E-state index contributed by atoms with van der Waals surface area (Å²) < 4.78 is 0. The lowest BCUT2D eigenvalue weighted by molar-refractivity contribution is -0.134. The van der Waals surface area contributed by atoms with Gasteiger partial charge in [-0.05, 0) is 0 Å². The number of nitrogens with one attached hydrogen (secondary N) is 1. The molecule has 0 saturated carbocycles. The van der Waals surface area contributed by atoms with Crippen LogP contribution in [0.1, 0.15) is 6.92 Å². The Kier molecular flexibility index (Phi) is 12.5. The van der Waals surface area contributed by atoms with Gasteiger partial charge in [0.2, 0.25) is 0 Å². The van der Waals surface area contributed by atoms with Gasteiger partial charge in [0.05, 0.1) is 7.11 Å². The highest BCUT2D eigenvalue weighted by Crippen LogP contribution is 1.42. The van der Waals surface area contributed by atoms with E-state index in [1.807, 2.05) is 0 Å². The standard InChI is InChI=1S/C2H7NO.C2H4O2/c1-3-4-2;1-2(3)4/h3H,1-2H3;1H3,(H,3,4). The van der Waals surface area contributed by atoms with Crippen molar-refractivity contribution in [2.45, 2.75) is 6.92 Å². The highest BCUT2D eigenvalue weighted by molar-refractivity contribution is 5.62. The molecule has 0 atom stereocenters.